The number of hydrogen-bond acceptors (Lipinski definition) is 3. The van der Waals surface area contributed by atoms with Crippen molar-refractivity contribution in [2.45, 2.75) is 13.0 Å². The van der Waals surface area contributed by atoms with Crippen LogP contribution in [0.15, 0.2) is 52.0 Å². The number of nitrogens with zero attached hydrogens (tertiary/aromatic N) is 1. The molecule has 102 valence electrons. The van der Waals surface area contributed by atoms with Gasteiger partial charge >= 0.3 is 0 Å². The summed E-state index contributed by atoms with van der Waals surface area (Å²) in [5.74, 6) is 1.23. The zero-order chi connectivity index (χ0) is 13.8. The molecule has 4 heteroatoms. The molecule has 2 aromatic heterocycles. The van der Waals surface area contributed by atoms with Gasteiger partial charge in [-0.1, -0.05) is 18.2 Å². The molecular weight excluding hydrogens is 252 g/mol. The Labute approximate surface area is 116 Å². The molecular formula is C16H16N2O2. The highest BCUT2D eigenvalue weighted by Gasteiger charge is 2.01. The van der Waals surface area contributed by atoms with Gasteiger partial charge in [0.15, 0.2) is 0 Å². The van der Waals surface area contributed by atoms with Gasteiger partial charge in [-0.25, -0.2) is 0 Å². The average Bonchev–Trinajstić information content (AvgIpc) is 3.10. The minimum atomic E-state index is -0.0802. The Morgan fingerprint density at radius 3 is 2.95 bits per heavy atom. The number of benzene rings is 1. The van der Waals surface area contributed by atoms with Crippen LogP contribution in [0.4, 0.5) is 0 Å². The Hall–Kier alpha value is -2.33. The van der Waals surface area contributed by atoms with E-state index in [1.807, 2.05) is 18.3 Å². The lowest BCUT2D eigenvalue weighted by Crippen LogP contribution is -1.89. The average molecular weight is 268 g/mol. The Morgan fingerprint density at radius 2 is 2.10 bits per heavy atom. The fourth-order valence-corrected chi connectivity index (χ4v) is 2.23. The van der Waals surface area contributed by atoms with Crippen molar-refractivity contribution in [2.24, 2.45) is 4.99 Å². The van der Waals surface area contributed by atoms with Crippen molar-refractivity contribution in [1.29, 1.82) is 0 Å². The smallest absolute Gasteiger partial charge is 0.144 e. The number of aliphatic hydroxyl groups is 1. The highest BCUT2D eigenvalue weighted by molar-refractivity contribution is 5.83. The summed E-state index contributed by atoms with van der Waals surface area (Å²) in [6.45, 7) is 0.625. The largest absolute Gasteiger partial charge is 0.458 e. The predicted molar refractivity (Wildman–Crippen MR) is 79.1 cm³/mol. The molecule has 0 saturated heterocycles. The SMILES string of the molecule is OCc1ccc(C=NCCc2c[nH]c3ccccc23)o1. The molecule has 0 amide bonds. The number of nitrogens with one attached hydrogen (secondary N) is 1. The van der Waals surface area contributed by atoms with E-state index in [1.54, 1.807) is 18.3 Å². The van der Waals surface area contributed by atoms with E-state index >= 15 is 0 Å². The lowest BCUT2D eigenvalue weighted by molar-refractivity contribution is 0.247. The van der Waals surface area contributed by atoms with Gasteiger partial charge in [-0.15, -0.1) is 0 Å². The standard InChI is InChI=1S/C16H16N2O2/c19-11-14-6-5-13(20-14)10-17-8-7-12-9-18-16-4-2-1-3-15(12)16/h1-6,9-10,18-19H,7-8,11H2. The first-order valence-electron chi connectivity index (χ1n) is 6.61. The molecule has 0 fully saturated rings. The number of aliphatic imine (C=N–C) groups is 1. The number of aromatic amines is 1. The van der Waals surface area contributed by atoms with Crippen LogP contribution in [0.3, 0.4) is 0 Å². The maximum atomic E-state index is 8.91. The fourth-order valence-electron chi connectivity index (χ4n) is 2.23. The van der Waals surface area contributed by atoms with Crippen LogP contribution in [0.5, 0.6) is 0 Å². The van der Waals surface area contributed by atoms with Crippen molar-refractivity contribution in [2.75, 3.05) is 6.54 Å². The van der Waals surface area contributed by atoms with Crippen LogP contribution in [0.25, 0.3) is 10.9 Å². The molecule has 0 bridgehead atoms. The van der Waals surface area contributed by atoms with Gasteiger partial charge in [0.05, 0.1) is 6.21 Å². The van der Waals surface area contributed by atoms with Gasteiger partial charge in [-0.05, 0) is 30.2 Å². The normalized spacial score (nSPS) is 11.7. The van der Waals surface area contributed by atoms with Crippen LogP contribution in [0, 0.1) is 0 Å². The van der Waals surface area contributed by atoms with Crippen LogP contribution in [0.2, 0.25) is 0 Å². The lowest BCUT2D eigenvalue weighted by atomic mass is 10.1. The van der Waals surface area contributed by atoms with Crippen molar-refractivity contribution in [3.63, 3.8) is 0 Å². The van der Waals surface area contributed by atoms with Crippen LogP contribution in [-0.2, 0) is 13.0 Å². The molecule has 20 heavy (non-hydrogen) atoms. The number of hydrogen-bond donors (Lipinski definition) is 2. The third-order valence-corrected chi connectivity index (χ3v) is 3.24. The molecule has 0 aliphatic heterocycles. The number of aromatic nitrogens is 1. The third-order valence-electron chi connectivity index (χ3n) is 3.24. The van der Waals surface area contributed by atoms with Gasteiger partial charge in [0.25, 0.3) is 0 Å². The molecule has 3 aromatic rings. The van der Waals surface area contributed by atoms with Crippen LogP contribution < -0.4 is 0 Å². The van der Waals surface area contributed by atoms with E-state index in [-0.39, 0.29) is 6.61 Å². The van der Waals surface area contributed by atoms with E-state index in [0.717, 1.165) is 11.9 Å². The van der Waals surface area contributed by atoms with Crippen molar-refractivity contribution in [3.05, 3.63) is 59.7 Å². The number of aliphatic hydroxyl groups excluding tert-OH is 1. The van der Waals surface area contributed by atoms with E-state index < -0.39 is 0 Å². The Balaban J connectivity index is 1.62. The van der Waals surface area contributed by atoms with Crippen molar-refractivity contribution >= 4 is 17.1 Å². The summed E-state index contributed by atoms with van der Waals surface area (Å²) in [6, 6.07) is 11.8. The number of fused-ring (bicyclic) bond motifs is 1. The van der Waals surface area contributed by atoms with Crippen molar-refractivity contribution in [3.8, 4) is 0 Å². The molecule has 4 nitrogen and oxygen atoms in total. The monoisotopic (exact) mass is 268 g/mol. The zero-order valence-electron chi connectivity index (χ0n) is 11.0. The summed E-state index contributed by atoms with van der Waals surface area (Å²) in [5.41, 5.74) is 2.43. The number of H-pyrrole nitrogens is 1. The highest BCUT2D eigenvalue weighted by atomic mass is 16.4. The quantitative estimate of drug-likeness (QED) is 0.699. The van der Waals surface area contributed by atoms with E-state index in [4.69, 9.17) is 9.52 Å². The molecule has 1 aromatic carbocycles. The van der Waals surface area contributed by atoms with Crippen LogP contribution >= 0.6 is 0 Å². The first-order valence-corrected chi connectivity index (χ1v) is 6.61. The second kappa shape index (κ2) is 5.75. The van der Waals surface area contributed by atoms with E-state index in [2.05, 4.69) is 22.1 Å². The fraction of sp³-hybridized carbons (Fsp3) is 0.188. The molecule has 0 spiro atoms. The van der Waals surface area contributed by atoms with Crippen molar-refractivity contribution in [1.82, 2.24) is 4.98 Å². The number of rotatable bonds is 5. The van der Waals surface area contributed by atoms with Crippen LogP contribution in [0.1, 0.15) is 17.1 Å². The summed E-state index contributed by atoms with van der Waals surface area (Å²) < 4.78 is 5.33. The van der Waals surface area contributed by atoms with Gasteiger partial charge in [-0.2, -0.15) is 0 Å². The second-order valence-electron chi connectivity index (χ2n) is 4.61. The first-order chi connectivity index (χ1) is 9.86. The molecule has 2 heterocycles. The Kier molecular flexibility index (Phi) is 3.65. The Bertz CT molecular complexity index is 725. The molecule has 0 aliphatic carbocycles. The van der Waals surface area contributed by atoms with Crippen molar-refractivity contribution < 1.29 is 9.52 Å². The maximum absolute atomic E-state index is 8.91. The van der Waals surface area contributed by atoms with E-state index in [0.29, 0.717) is 18.1 Å². The van der Waals surface area contributed by atoms with Gasteiger partial charge in [-0.3, -0.25) is 4.99 Å². The maximum Gasteiger partial charge on any atom is 0.144 e. The van der Waals surface area contributed by atoms with E-state index in [9.17, 15) is 0 Å². The van der Waals surface area contributed by atoms with Gasteiger partial charge < -0.3 is 14.5 Å². The molecule has 0 radical (unpaired) electrons. The molecule has 0 unspecified atom stereocenters. The van der Waals surface area contributed by atoms with Gasteiger partial charge in [0.1, 0.15) is 18.1 Å². The van der Waals surface area contributed by atoms with E-state index in [1.165, 1.54) is 10.9 Å². The first kappa shape index (κ1) is 12.7. The molecule has 0 atom stereocenters. The topological polar surface area (TPSA) is 61.5 Å². The lowest BCUT2D eigenvalue weighted by Gasteiger charge is -1.95. The highest BCUT2D eigenvalue weighted by Crippen LogP contribution is 2.17. The number of para-hydroxylation sites is 1. The second-order valence-corrected chi connectivity index (χ2v) is 4.61. The molecule has 2 N–H and O–H groups in total. The predicted octanol–water partition coefficient (Wildman–Crippen LogP) is 2.91. The van der Waals surface area contributed by atoms with Gasteiger partial charge in [0, 0.05) is 23.6 Å². The van der Waals surface area contributed by atoms with Crippen LogP contribution in [-0.4, -0.2) is 22.8 Å². The summed E-state index contributed by atoms with van der Waals surface area (Å²) in [7, 11) is 0. The molecule has 0 aliphatic rings. The molecule has 3 rings (SSSR count). The zero-order valence-corrected chi connectivity index (χ0v) is 11.0. The summed E-state index contributed by atoms with van der Waals surface area (Å²) in [4.78, 5) is 7.62. The number of furan rings is 1. The third kappa shape index (κ3) is 2.65. The minimum absolute atomic E-state index is 0.0802. The Morgan fingerprint density at radius 1 is 1.20 bits per heavy atom. The summed E-state index contributed by atoms with van der Waals surface area (Å²) >= 11 is 0. The molecule has 0 saturated carbocycles. The summed E-state index contributed by atoms with van der Waals surface area (Å²) in [6.07, 6.45) is 4.62. The summed E-state index contributed by atoms with van der Waals surface area (Å²) in [5, 5.41) is 10.2. The minimum Gasteiger partial charge on any atom is -0.458 e. The van der Waals surface area contributed by atoms with Gasteiger partial charge in [0.2, 0.25) is 0 Å².